The van der Waals surface area contributed by atoms with Crippen molar-refractivity contribution < 1.29 is 18.7 Å². The molecule has 2 aromatic rings. The van der Waals surface area contributed by atoms with Gasteiger partial charge in [0.15, 0.2) is 5.78 Å². The number of ketones is 1. The highest BCUT2D eigenvalue weighted by molar-refractivity contribution is 6.25. The van der Waals surface area contributed by atoms with E-state index in [9.17, 15) is 9.59 Å². The van der Waals surface area contributed by atoms with Gasteiger partial charge in [0.25, 0.3) is 0 Å². The molecule has 1 atom stereocenters. The fraction of sp³-hybridized carbons (Fsp3) is 0.441. The predicted molar refractivity (Wildman–Crippen MR) is 174 cm³/mol. The molecule has 2 aliphatic rings. The number of pyridine rings is 1. The highest BCUT2D eigenvalue weighted by Crippen LogP contribution is 2.27. The van der Waals surface area contributed by atoms with Crippen LogP contribution in [0.3, 0.4) is 0 Å². The Balaban J connectivity index is 1.53. The quantitative estimate of drug-likeness (QED) is 0.131. The number of esters is 1. The van der Waals surface area contributed by atoms with E-state index in [4.69, 9.17) is 16.3 Å². The van der Waals surface area contributed by atoms with Gasteiger partial charge in [-0.1, -0.05) is 38.0 Å². The van der Waals surface area contributed by atoms with Crippen LogP contribution in [0.2, 0.25) is 0 Å². The number of carbonyl (C=O) groups excluding carboxylic acids is 2. The molecule has 1 aromatic carbocycles. The number of anilines is 2. The molecule has 1 fully saturated rings. The summed E-state index contributed by atoms with van der Waals surface area (Å²) in [4.78, 5) is 36.4. The van der Waals surface area contributed by atoms with Gasteiger partial charge in [0, 0.05) is 62.4 Å². The smallest absolute Gasteiger partial charge is 0.343 e. The lowest BCUT2D eigenvalue weighted by Crippen LogP contribution is -2.46. The van der Waals surface area contributed by atoms with Crippen molar-refractivity contribution in [3.05, 3.63) is 89.2 Å². The molecular weight excluding hydrogens is 581 g/mol. The maximum absolute atomic E-state index is 15.9. The number of unbranched alkanes of at least 4 members (excludes halogenated alkanes) is 1. The maximum Gasteiger partial charge on any atom is 0.343 e. The van der Waals surface area contributed by atoms with Crippen LogP contribution >= 0.6 is 11.6 Å². The number of nitrogens with one attached hydrogen (secondary N) is 1. The summed E-state index contributed by atoms with van der Waals surface area (Å²) in [5, 5.41) is 3.55. The van der Waals surface area contributed by atoms with E-state index in [0.29, 0.717) is 37.9 Å². The van der Waals surface area contributed by atoms with Crippen LogP contribution in [-0.4, -0.2) is 72.9 Å². The number of hydrogen-bond acceptors (Lipinski definition) is 8. The zero-order chi connectivity index (χ0) is 31.5. The first-order chi connectivity index (χ1) is 21.3. The third-order valence-corrected chi connectivity index (χ3v) is 8.16. The first-order valence-corrected chi connectivity index (χ1v) is 16.0. The minimum atomic E-state index is -0.734. The standard InChI is InChI=1S/C34H43ClFN5O3/c1-4-6-9-25(3)38-22-26-11-13-28(14-12-26)41-23-27(33(42)29(24-41)34(43)44-5-2)20-30(36)31(21-35)39-16-18-40(19-17-39)32-10-7-8-15-37-32/h7-8,10-15,20,24-25,38H,4-6,9,16-19,21-23H2,1-3H3/b27-20+,31-30-. The molecule has 4 rings (SSSR count). The molecule has 0 bridgehead atoms. The molecule has 8 nitrogen and oxygen atoms in total. The van der Waals surface area contributed by atoms with Crippen LogP contribution in [-0.2, 0) is 20.9 Å². The molecule has 236 valence electrons. The second-order valence-electron chi connectivity index (χ2n) is 11.1. The van der Waals surface area contributed by atoms with Gasteiger partial charge in [-0.25, -0.2) is 14.2 Å². The average molecular weight is 624 g/mol. The minimum Gasteiger partial charge on any atom is -0.462 e. The number of aromatic nitrogens is 1. The molecule has 2 aliphatic heterocycles. The second-order valence-corrected chi connectivity index (χ2v) is 11.3. The Morgan fingerprint density at radius 1 is 1.14 bits per heavy atom. The zero-order valence-corrected chi connectivity index (χ0v) is 26.7. The van der Waals surface area contributed by atoms with Crippen molar-refractivity contribution in [3.63, 3.8) is 0 Å². The summed E-state index contributed by atoms with van der Waals surface area (Å²) >= 11 is 6.25. The highest BCUT2D eigenvalue weighted by Gasteiger charge is 2.31. The molecule has 1 saturated heterocycles. The van der Waals surface area contributed by atoms with E-state index < -0.39 is 17.6 Å². The van der Waals surface area contributed by atoms with Crippen LogP contribution in [0.1, 0.15) is 45.6 Å². The fourth-order valence-electron chi connectivity index (χ4n) is 5.31. The molecule has 0 spiro atoms. The summed E-state index contributed by atoms with van der Waals surface area (Å²) in [7, 11) is 0. The number of piperazine rings is 1. The van der Waals surface area contributed by atoms with Gasteiger partial charge in [-0.15, -0.1) is 11.6 Å². The summed E-state index contributed by atoms with van der Waals surface area (Å²) in [6, 6.07) is 14.1. The number of ether oxygens (including phenoxy) is 1. The van der Waals surface area contributed by atoms with E-state index in [1.807, 2.05) is 47.4 Å². The Labute approximate surface area is 265 Å². The van der Waals surface area contributed by atoms with Crippen molar-refractivity contribution in [2.45, 2.75) is 52.6 Å². The number of hydrogen-bond donors (Lipinski definition) is 1. The predicted octanol–water partition coefficient (Wildman–Crippen LogP) is 5.75. The Bertz CT molecular complexity index is 1350. The normalized spacial score (nSPS) is 17.8. The van der Waals surface area contributed by atoms with Gasteiger partial charge in [0.1, 0.15) is 17.2 Å². The van der Waals surface area contributed by atoms with Gasteiger partial charge >= 0.3 is 5.97 Å². The number of allylic oxidation sites excluding steroid dienone is 3. The summed E-state index contributed by atoms with van der Waals surface area (Å²) in [6.07, 6.45) is 7.97. The van der Waals surface area contributed by atoms with Crippen molar-refractivity contribution in [1.29, 1.82) is 0 Å². The van der Waals surface area contributed by atoms with Crippen LogP contribution in [0.15, 0.2) is 83.6 Å². The molecule has 1 aromatic heterocycles. The lowest BCUT2D eigenvalue weighted by molar-refractivity contribution is -0.139. The molecule has 0 aliphatic carbocycles. The van der Waals surface area contributed by atoms with Gasteiger partial charge in [-0.3, -0.25) is 4.79 Å². The van der Waals surface area contributed by atoms with E-state index in [0.717, 1.165) is 30.0 Å². The number of halogens is 2. The van der Waals surface area contributed by atoms with Crippen LogP contribution in [0.4, 0.5) is 15.9 Å². The van der Waals surface area contributed by atoms with E-state index in [2.05, 4.69) is 29.0 Å². The van der Waals surface area contributed by atoms with Crippen LogP contribution in [0.5, 0.6) is 0 Å². The monoisotopic (exact) mass is 623 g/mol. The van der Waals surface area contributed by atoms with Crippen molar-refractivity contribution in [2.75, 3.05) is 55.0 Å². The lowest BCUT2D eigenvalue weighted by atomic mass is 9.98. The Morgan fingerprint density at radius 3 is 2.52 bits per heavy atom. The topological polar surface area (TPSA) is 78.0 Å². The van der Waals surface area contributed by atoms with Crippen molar-refractivity contribution in [1.82, 2.24) is 15.2 Å². The number of rotatable bonds is 13. The number of benzene rings is 1. The molecule has 10 heteroatoms. The zero-order valence-electron chi connectivity index (χ0n) is 25.9. The average Bonchev–Trinajstić information content (AvgIpc) is 3.05. The molecule has 1 unspecified atom stereocenters. The van der Waals surface area contributed by atoms with Gasteiger partial charge in [-0.2, -0.15) is 0 Å². The SMILES string of the molecule is CCCCC(C)NCc1ccc(N2C=C(C(=O)OCC)C(=O)/C(=C/C(F)=C(\CCl)N3CCN(c4ccccn4)CC3)C2)cc1. The van der Waals surface area contributed by atoms with Crippen molar-refractivity contribution >= 4 is 34.9 Å². The largest absolute Gasteiger partial charge is 0.462 e. The third-order valence-electron chi connectivity index (χ3n) is 7.91. The Morgan fingerprint density at radius 2 is 1.89 bits per heavy atom. The van der Waals surface area contributed by atoms with E-state index in [1.165, 1.54) is 25.1 Å². The van der Waals surface area contributed by atoms with Gasteiger partial charge in [0.2, 0.25) is 0 Å². The van der Waals surface area contributed by atoms with E-state index in [-0.39, 0.29) is 30.2 Å². The molecular formula is C34H43ClFN5O3. The summed E-state index contributed by atoms with van der Waals surface area (Å²) in [5.74, 6) is -1.04. The Kier molecular flexibility index (Phi) is 12.4. The molecule has 0 radical (unpaired) electrons. The first kappa shape index (κ1) is 33.2. The molecule has 1 N–H and O–H groups in total. The molecule has 3 heterocycles. The van der Waals surface area contributed by atoms with E-state index >= 15 is 4.39 Å². The number of Topliss-reactive ketones (excluding diaryl/α,β-unsaturated/α-hetero) is 1. The minimum absolute atomic E-state index is 0.0514. The summed E-state index contributed by atoms with van der Waals surface area (Å²) < 4.78 is 21.0. The Hall–Kier alpha value is -3.69. The maximum atomic E-state index is 15.9. The van der Waals surface area contributed by atoms with Crippen LogP contribution in [0.25, 0.3) is 0 Å². The third kappa shape index (κ3) is 8.70. The molecule has 0 saturated carbocycles. The molecule has 44 heavy (non-hydrogen) atoms. The van der Waals surface area contributed by atoms with Gasteiger partial charge in [-0.05, 0) is 56.2 Å². The van der Waals surface area contributed by atoms with Crippen molar-refractivity contribution in [3.8, 4) is 0 Å². The van der Waals surface area contributed by atoms with E-state index in [1.54, 1.807) is 18.0 Å². The van der Waals surface area contributed by atoms with Gasteiger partial charge < -0.3 is 24.8 Å². The first-order valence-electron chi connectivity index (χ1n) is 15.4. The molecule has 0 amide bonds. The number of nitrogens with zero attached hydrogens (tertiary/aromatic N) is 4. The second kappa shape index (κ2) is 16.4. The lowest BCUT2D eigenvalue weighted by Gasteiger charge is -2.37. The van der Waals surface area contributed by atoms with Crippen LogP contribution in [0, 0.1) is 0 Å². The van der Waals surface area contributed by atoms with Crippen molar-refractivity contribution in [2.24, 2.45) is 0 Å². The number of carbonyl (C=O) groups is 2. The number of alkyl halides is 1. The summed E-state index contributed by atoms with van der Waals surface area (Å²) in [5.41, 5.74) is 2.23. The highest BCUT2D eigenvalue weighted by atomic mass is 35.5. The van der Waals surface area contributed by atoms with Gasteiger partial charge in [0.05, 0.1) is 24.7 Å². The summed E-state index contributed by atoms with van der Waals surface area (Å²) in [6.45, 7) is 9.46. The van der Waals surface area contributed by atoms with Crippen LogP contribution < -0.4 is 15.1 Å². The fourth-order valence-corrected chi connectivity index (χ4v) is 5.61.